The van der Waals surface area contributed by atoms with Crippen LogP contribution in [0.5, 0.6) is 0 Å². The highest BCUT2D eigenvalue weighted by atomic mass is 16.3. The number of aliphatic hydroxyl groups is 2. The molecular weight excluding hydrogens is 202 g/mol. The Morgan fingerprint density at radius 3 is 2.50 bits per heavy atom. The molecule has 1 fully saturated rings. The Morgan fingerprint density at radius 2 is 1.94 bits per heavy atom. The molecule has 0 amide bonds. The van der Waals surface area contributed by atoms with Crippen LogP contribution in [0.2, 0.25) is 0 Å². The molecule has 3 atom stereocenters. The quantitative estimate of drug-likeness (QED) is 0.693. The van der Waals surface area contributed by atoms with Crippen molar-refractivity contribution in [3.8, 4) is 0 Å². The van der Waals surface area contributed by atoms with Crippen molar-refractivity contribution in [2.45, 2.75) is 18.6 Å². The highest BCUT2D eigenvalue weighted by Crippen LogP contribution is 2.37. The smallest absolute Gasteiger partial charge is 0.120 e. The molecule has 0 aliphatic carbocycles. The van der Waals surface area contributed by atoms with Gasteiger partial charge in [0, 0.05) is 5.92 Å². The van der Waals surface area contributed by atoms with Gasteiger partial charge in [0.2, 0.25) is 0 Å². The zero-order chi connectivity index (χ0) is 11.8. The minimum Gasteiger partial charge on any atom is -0.457 e. The number of likely N-dealkylation sites (tertiary alicyclic amines) is 1. The zero-order valence-corrected chi connectivity index (χ0v) is 9.50. The van der Waals surface area contributed by atoms with E-state index in [9.17, 15) is 10.2 Å². The minimum atomic E-state index is -1.16. The van der Waals surface area contributed by atoms with E-state index in [4.69, 9.17) is 0 Å². The molecule has 0 saturated carbocycles. The van der Waals surface area contributed by atoms with Crippen LogP contribution in [-0.4, -0.2) is 34.3 Å². The molecule has 0 radical (unpaired) electrons. The van der Waals surface area contributed by atoms with Crippen molar-refractivity contribution >= 4 is 0 Å². The predicted molar refractivity (Wildman–Crippen MR) is 62.4 cm³/mol. The third kappa shape index (κ3) is 1.75. The first-order valence-corrected chi connectivity index (χ1v) is 5.56. The van der Waals surface area contributed by atoms with Crippen LogP contribution in [0.3, 0.4) is 0 Å². The van der Waals surface area contributed by atoms with Crippen LogP contribution in [0.25, 0.3) is 0 Å². The maximum absolute atomic E-state index is 10.7. The van der Waals surface area contributed by atoms with E-state index in [2.05, 4.69) is 7.05 Å². The molecule has 1 aliphatic rings. The van der Waals surface area contributed by atoms with Gasteiger partial charge in [-0.1, -0.05) is 37.3 Å². The average molecular weight is 220 g/mol. The van der Waals surface area contributed by atoms with Gasteiger partial charge in [0.05, 0.1) is 6.10 Å². The standard InChI is InChI=1S/C13H18NO2/c1-10-8-14(2)9-12(15)13(10,16)11-6-4-3-5-7-11/h3-7,10,12,15-16H,2,8-9H2,1H3/q-1/t10?,12-,13-/m0/s1. The summed E-state index contributed by atoms with van der Waals surface area (Å²) in [7, 11) is 3.82. The van der Waals surface area contributed by atoms with E-state index in [0.29, 0.717) is 13.1 Å². The largest absolute Gasteiger partial charge is 0.457 e. The molecule has 16 heavy (non-hydrogen) atoms. The summed E-state index contributed by atoms with van der Waals surface area (Å²) in [5.41, 5.74) is -0.377. The lowest BCUT2D eigenvalue weighted by molar-refractivity contribution is -0.150. The molecule has 3 nitrogen and oxygen atoms in total. The van der Waals surface area contributed by atoms with Crippen LogP contribution in [-0.2, 0) is 5.60 Å². The Morgan fingerprint density at radius 1 is 1.31 bits per heavy atom. The molecule has 1 heterocycles. The van der Waals surface area contributed by atoms with Crippen LogP contribution in [0.15, 0.2) is 30.3 Å². The van der Waals surface area contributed by atoms with Crippen LogP contribution >= 0.6 is 0 Å². The Balaban J connectivity index is 2.36. The fourth-order valence-corrected chi connectivity index (χ4v) is 2.50. The Bertz CT molecular complexity index is 340. The van der Waals surface area contributed by atoms with Gasteiger partial charge >= 0.3 is 0 Å². The lowest BCUT2D eigenvalue weighted by Gasteiger charge is -2.48. The first-order chi connectivity index (χ1) is 7.55. The van der Waals surface area contributed by atoms with Gasteiger partial charge in [-0.15, -0.1) is 0 Å². The van der Waals surface area contributed by atoms with Gasteiger partial charge in [-0.25, -0.2) is 0 Å². The number of piperidine rings is 1. The summed E-state index contributed by atoms with van der Waals surface area (Å²) in [6.07, 6.45) is -0.795. The Hall–Kier alpha value is -0.900. The van der Waals surface area contributed by atoms with Gasteiger partial charge in [0.25, 0.3) is 0 Å². The summed E-state index contributed by atoms with van der Waals surface area (Å²) < 4.78 is 0. The maximum atomic E-state index is 10.7. The molecule has 3 heteroatoms. The van der Waals surface area contributed by atoms with Crippen molar-refractivity contribution in [3.05, 3.63) is 42.9 Å². The molecule has 2 N–H and O–H groups in total. The van der Waals surface area contributed by atoms with E-state index in [1.165, 1.54) is 0 Å². The summed E-state index contributed by atoms with van der Waals surface area (Å²) in [6, 6.07) is 9.38. The van der Waals surface area contributed by atoms with E-state index in [0.717, 1.165) is 5.56 Å². The van der Waals surface area contributed by atoms with Crippen LogP contribution in [0, 0.1) is 13.0 Å². The fraction of sp³-hybridized carbons (Fsp3) is 0.462. The first kappa shape index (κ1) is 11.6. The second kappa shape index (κ2) is 4.17. The predicted octanol–water partition coefficient (Wildman–Crippen LogP) is 0.978. The first-order valence-electron chi connectivity index (χ1n) is 5.56. The molecule has 88 valence electrons. The summed E-state index contributed by atoms with van der Waals surface area (Å²) >= 11 is 0. The number of hydrogen-bond acceptors (Lipinski definition) is 3. The van der Waals surface area contributed by atoms with Crippen LogP contribution < -0.4 is 0 Å². The normalized spacial score (nSPS) is 36.2. The third-order valence-corrected chi connectivity index (χ3v) is 3.46. The molecule has 0 bridgehead atoms. The van der Waals surface area contributed by atoms with Crippen molar-refractivity contribution < 1.29 is 10.2 Å². The van der Waals surface area contributed by atoms with Crippen molar-refractivity contribution in [1.82, 2.24) is 4.90 Å². The van der Waals surface area contributed by atoms with Gasteiger partial charge in [0.15, 0.2) is 0 Å². The fourth-order valence-electron chi connectivity index (χ4n) is 2.50. The summed E-state index contributed by atoms with van der Waals surface area (Å²) in [4.78, 5) is 1.80. The van der Waals surface area contributed by atoms with Gasteiger partial charge in [-0.05, 0) is 18.7 Å². The molecule has 0 spiro atoms. The van der Waals surface area contributed by atoms with Crippen molar-refractivity contribution in [2.24, 2.45) is 5.92 Å². The number of rotatable bonds is 1. The Labute approximate surface area is 96.3 Å². The summed E-state index contributed by atoms with van der Waals surface area (Å²) in [5, 5.41) is 20.8. The highest BCUT2D eigenvalue weighted by Gasteiger charge is 2.45. The monoisotopic (exact) mass is 220 g/mol. The van der Waals surface area contributed by atoms with Crippen LogP contribution in [0.1, 0.15) is 12.5 Å². The molecule has 0 aromatic heterocycles. The maximum Gasteiger partial charge on any atom is 0.120 e. The topological polar surface area (TPSA) is 43.7 Å². The second-order valence-corrected chi connectivity index (χ2v) is 4.64. The summed E-state index contributed by atoms with van der Waals surface area (Å²) in [5.74, 6) is -0.0452. The Kier molecular flexibility index (Phi) is 3.02. The highest BCUT2D eigenvalue weighted by molar-refractivity contribution is 5.26. The molecular formula is C13H18NO2-. The van der Waals surface area contributed by atoms with Crippen molar-refractivity contribution in [1.29, 1.82) is 0 Å². The lowest BCUT2D eigenvalue weighted by atomic mass is 9.75. The van der Waals surface area contributed by atoms with Gasteiger partial charge in [0.1, 0.15) is 5.60 Å². The number of benzene rings is 1. The van der Waals surface area contributed by atoms with Gasteiger partial charge in [-0.2, -0.15) is 0 Å². The van der Waals surface area contributed by atoms with Gasteiger partial charge < -0.3 is 15.1 Å². The molecule has 1 aliphatic heterocycles. The molecule has 1 unspecified atom stereocenters. The van der Waals surface area contributed by atoms with E-state index in [1.54, 1.807) is 4.90 Å². The second-order valence-electron chi connectivity index (χ2n) is 4.64. The van der Waals surface area contributed by atoms with Gasteiger partial charge in [-0.3, -0.25) is 7.05 Å². The van der Waals surface area contributed by atoms with E-state index < -0.39 is 11.7 Å². The number of aliphatic hydroxyl groups excluding tert-OH is 1. The van der Waals surface area contributed by atoms with E-state index in [-0.39, 0.29) is 5.92 Å². The molecule has 1 aromatic carbocycles. The van der Waals surface area contributed by atoms with Crippen molar-refractivity contribution in [3.63, 3.8) is 0 Å². The number of β-amino-alcohol motifs (C(OH)–C–C–N with tert-alkyl or cyclic N) is 1. The average Bonchev–Trinajstić information content (AvgIpc) is 2.27. The molecule has 1 saturated heterocycles. The number of nitrogens with zero attached hydrogens (tertiary/aromatic N) is 1. The molecule has 2 rings (SSSR count). The third-order valence-electron chi connectivity index (χ3n) is 3.46. The zero-order valence-electron chi connectivity index (χ0n) is 9.50. The van der Waals surface area contributed by atoms with Crippen molar-refractivity contribution in [2.75, 3.05) is 13.1 Å². The molecule has 1 aromatic rings. The lowest BCUT2D eigenvalue weighted by Crippen LogP contribution is -2.57. The SMILES string of the molecule is [CH2-]N1CC(C)[C@](O)(c2ccccc2)[C@@H](O)C1. The summed E-state index contributed by atoms with van der Waals surface area (Å²) in [6.45, 7) is 3.02. The van der Waals surface area contributed by atoms with E-state index >= 15 is 0 Å². The minimum absolute atomic E-state index is 0.0452. The number of hydrogen-bond donors (Lipinski definition) is 2. The van der Waals surface area contributed by atoms with Crippen LogP contribution in [0.4, 0.5) is 0 Å². The van der Waals surface area contributed by atoms with E-state index in [1.807, 2.05) is 37.3 Å².